The quantitative estimate of drug-likeness (QED) is 0.874. The van der Waals surface area contributed by atoms with E-state index < -0.39 is 10.0 Å². The molecule has 0 fully saturated rings. The molecule has 2 rings (SSSR count). The van der Waals surface area contributed by atoms with E-state index >= 15 is 0 Å². The van der Waals surface area contributed by atoms with E-state index in [1.807, 2.05) is 6.07 Å². The predicted octanol–water partition coefficient (Wildman–Crippen LogP) is 1.86. The first-order valence-electron chi connectivity index (χ1n) is 6.73. The summed E-state index contributed by atoms with van der Waals surface area (Å²) in [7, 11) is -3.40. The van der Waals surface area contributed by atoms with Gasteiger partial charge in [-0.3, -0.25) is 9.52 Å². The van der Waals surface area contributed by atoms with Gasteiger partial charge in [-0.1, -0.05) is 24.3 Å². The van der Waals surface area contributed by atoms with Crippen molar-refractivity contribution in [1.29, 1.82) is 5.26 Å². The summed E-state index contributed by atoms with van der Waals surface area (Å²) in [5.41, 5.74) is 1.83. The Labute approximate surface area is 134 Å². The summed E-state index contributed by atoms with van der Waals surface area (Å²) in [6.45, 7) is 0.161. The zero-order chi connectivity index (χ0) is 16.9. The van der Waals surface area contributed by atoms with Gasteiger partial charge in [0.05, 0.1) is 23.6 Å². The largest absolute Gasteiger partial charge is 0.348 e. The Kier molecular flexibility index (Phi) is 4.98. The number of nitrogens with zero attached hydrogens (tertiary/aromatic N) is 1. The van der Waals surface area contributed by atoms with Crippen molar-refractivity contribution >= 4 is 21.6 Å². The number of amides is 1. The predicted molar refractivity (Wildman–Crippen MR) is 87.2 cm³/mol. The monoisotopic (exact) mass is 329 g/mol. The first-order chi connectivity index (χ1) is 10.9. The van der Waals surface area contributed by atoms with Gasteiger partial charge in [0.2, 0.25) is 10.0 Å². The minimum Gasteiger partial charge on any atom is -0.348 e. The third-order valence-corrected chi connectivity index (χ3v) is 3.60. The standard InChI is InChI=1S/C16H15N3O3S/c1-23(21,22)19-15-8-3-2-6-14(15)11-18-16(20)13-7-4-5-12(9-13)10-17/h2-9,19H,11H2,1H3,(H,18,20). The molecule has 0 bridgehead atoms. The Hall–Kier alpha value is -2.85. The highest BCUT2D eigenvalue weighted by atomic mass is 32.2. The second-order valence-electron chi connectivity index (χ2n) is 4.91. The van der Waals surface area contributed by atoms with Crippen LogP contribution in [0.3, 0.4) is 0 Å². The van der Waals surface area contributed by atoms with Gasteiger partial charge in [0, 0.05) is 12.1 Å². The molecule has 0 spiro atoms. The average Bonchev–Trinajstić information content (AvgIpc) is 2.52. The van der Waals surface area contributed by atoms with Crippen LogP contribution in [0.25, 0.3) is 0 Å². The molecule has 0 saturated carbocycles. The van der Waals surface area contributed by atoms with Crippen molar-refractivity contribution in [3.63, 3.8) is 0 Å². The maximum Gasteiger partial charge on any atom is 0.251 e. The summed E-state index contributed by atoms with van der Waals surface area (Å²) in [5.74, 6) is -0.337. The molecule has 0 aliphatic heterocycles. The molecule has 2 N–H and O–H groups in total. The molecule has 0 aromatic heterocycles. The van der Waals surface area contributed by atoms with E-state index in [9.17, 15) is 13.2 Å². The molecule has 0 saturated heterocycles. The van der Waals surface area contributed by atoms with Gasteiger partial charge >= 0.3 is 0 Å². The Balaban J connectivity index is 2.12. The summed E-state index contributed by atoms with van der Waals surface area (Å²) >= 11 is 0. The Bertz CT molecular complexity index is 870. The van der Waals surface area contributed by atoms with E-state index in [1.54, 1.807) is 42.5 Å². The molecule has 0 atom stereocenters. The van der Waals surface area contributed by atoms with Gasteiger partial charge in [0.25, 0.3) is 5.91 Å². The molecular formula is C16H15N3O3S. The van der Waals surface area contributed by atoms with Crippen LogP contribution in [0.2, 0.25) is 0 Å². The number of hydrogen-bond donors (Lipinski definition) is 2. The Morgan fingerprint density at radius 1 is 1.17 bits per heavy atom. The third-order valence-electron chi connectivity index (χ3n) is 3.01. The zero-order valence-corrected chi connectivity index (χ0v) is 13.2. The van der Waals surface area contributed by atoms with E-state index in [4.69, 9.17) is 5.26 Å². The Morgan fingerprint density at radius 3 is 2.61 bits per heavy atom. The second kappa shape index (κ2) is 6.94. The van der Waals surface area contributed by atoms with E-state index in [1.165, 1.54) is 6.07 Å². The van der Waals surface area contributed by atoms with Crippen LogP contribution in [0.1, 0.15) is 21.5 Å². The molecule has 6 nitrogen and oxygen atoms in total. The molecule has 0 aliphatic carbocycles. The van der Waals surface area contributed by atoms with Crippen LogP contribution in [0.15, 0.2) is 48.5 Å². The van der Waals surface area contributed by atoms with Crippen molar-refractivity contribution in [2.45, 2.75) is 6.54 Å². The maximum absolute atomic E-state index is 12.1. The number of hydrogen-bond acceptors (Lipinski definition) is 4. The molecule has 118 valence electrons. The number of rotatable bonds is 5. The highest BCUT2D eigenvalue weighted by molar-refractivity contribution is 7.92. The Morgan fingerprint density at radius 2 is 1.91 bits per heavy atom. The molecule has 2 aromatic rings. The molecule has 1 amide bonds. The molecule has 23 heavy (non-hydrogen) atoms. The number of carbonyl (C=O) groups excluding carboxylic acids is 1. The van der Waals surface area contributed by atoms with Crippen LogP contribution in [0, 0.1) is 11.3 Å². The normalized spacial score (nSPS) is 10.6. The molecule has 0 radical (unpaired) electrons. The fraction of sp³-hybridized carbons (Fsp3) is 0.125. The first kappa shape index (κ1) is 16.5. The number of para-hydroxylation sites is 1. The molecule has 0 aliphatic rings. The van der Waals surface area contributed by atoms with Crippen molar-refractivity contribution in [2.75, 3.05) is 11.0 Å². The summed E-state index contributed by atoms with van der Waals surface area (Å²) in [4.78, 5) is 12.1. The average molecular weight is 329 g/mol. The molecular weight excluding hydrogens is 314 g/mol. The minimum absolute atomic E-state index is 0.161. The van der Waals surface area contributed by atoms with Crippen LogP contribution < -0.4 is 10.0 Å². The van der Waals surface area contributed by atoms with Crippen molar-refractivity contribution < 1.29 is 13.2 Å². The van der Waals surface area contributed by atoms with Gasteiger partial charge in [0.1, 0.15) is 0 Å². The lowest BCUT2D eigenvalue weighted by molar-refractivity contribution is 0.0951. The van der Waals surface area contributed by atoms with Crippen molar-refractivity contribution in [3.05, 3.63) is 65.2 Å². The van der Waals surface area contributed by atoms with Crippen LogP contribution in [-0.4, -0.2) is 20.6 Å². The van der Waals surface area contributed by atoms with Crippen LogP contribution in [0.4, 0.5) is 5.69 Å². The zero-order valence-electron chi connectivity index (χ0n) is 12.4. The van der Waals surface area contributed by atoms with Gasteiger partial charge < -0.3 is 5.32 Å². The fourth-order valence-corrected chi connectivity index (χ4v) is 2.58. The van der Waals surface area contributed by atoms with Gasteiger partial charge in [-0.05, 0) is 29.8 Å². The molecule has 0 unspecified atom stereocenters. The summed E-state index contributed by atoms with van der Waals surface area (Å²) in [5, 5.41) is 11.6. The van der Waals surface area contributed by atoms with Gasteiger partial charge in [-0.15, -0.1) is 0 Å². The van der Waals surface area contributed by atoms with E-state index in [-0.39, 0.29) is 12.5 Å². The third kappa shape index (κ3) is 4.83. The number of anilines is 1. The van der Waals surface area contributed by atoms with Gasteiger partial charge in [-0.25, -0.2) is 8.42 Å². The summed E-state index contributed by atoms with van der Waals surface area (Å²) in [6, 6.07) is 15.1. The lowest BCUT2D eigenvalue weighted by Crippen LogP contribution is -2.23. The maximum atomic E-state index is 12.1. The number of nitrogens with one attached hydrogen (secondary N) is 2. The van der Waals surface area contributed by atoms with E-state index in [2.05, 4.69) is 10.0 Å². The van der Waals surface area contributed by atoms with Crippen molar-refractivity contribution in [2.24, 2.45) is 0 Å². The topological polar surface area (TPSA) is 99.1 Å². The van der Waals surface area contributed by atoms with E-state index in [0.29, 0.717) is 22.4 Å². The number of carbonyl (C=O) groups is 1. The van der Waals surface area contributed by atoms with Crippen LogP contribution in [0.5, 0.6) is 0 Å². The highest BCUT2D eigenvalue weighted by Gasteiger charge is 2.10. The number of benzene rings is 2. The summed E-state index contributed by atoms with van der Waals surface area (Å²) < 4.78 is 25.1. The second-order valence-corrected chi connectivity index (χ2v) is 6.66. The van der Waals surface area contributed by atoms with Crippen LogP contribution >= 0.6 is 0 Å². The van der Waals surface area contributed by atoms with Crippen LogP contribution in [-0.2, 0) is 16.6 Å². The molecule has 2 aromatic carbocycles. The first-order valence-corrected chi connectivity index (χ1v) is 8.62. The fourth-order valence-electron chi connectivity index (χ4n) is 1.98. The SMILES string of the molecule is CS(=O)(=O)Nc1ccccc1CNC(=O)c1cccc(C#N)c1. The highest BCUT2D eigenvalue weighted by Crippen LogP contribution is 2.16. The molecule has 0 heterocycles. The lowest BCUT2D eigenvalue weighted by atomic mass is 10.1. The van der Waals surface area contributed by atoms with Gasteiger partial charge in [-0.2, -0.15) is 5.26 Å². The minimum atomic E-state index is -3.40. The lowest BCUT2D eigenvalue weighted by Gasteiger charge is -2.11. The van der Waals surface area contributed by atoms with E-state index in [0.717, 1.165) is 6.26 Å². The van der Waals surface area contributed by atoms with Crippen molar-refractivity contribution in [3.8, 4) is 6.07 Å². The number of sulfonamides is 1. The van der Waals surface area contributed by atoms with Crippen molar-refractivity contribution in [1.82, 2.24) is 5.32 Å². The summed E-state index contributed by atoms with van der Waals surface area (Å²) in [6.07, 6.45) is 1.07. The smallest absolute Gasteiger partial charge is 0.251 e. The number of nitriles is 1. The van der Waals surface area contributed by atoms with Gasteiger partial charge in [0.15, 0.2) is 0 Å². The molecule has 7 heteroatoms.